The van der Waals surface area contributed by atoms with Gasteiger partial charge in [-0.25, -0.2) is 0 Å². The fraction of sp³-hybridized carbons (Fsp3) is 0.467. The van der Waals surface area contributed by atoms with Gasteiger partial charge in [0.05, 0.1) is 10.9 Å². The number of alkyl halides is 2. The van der Waals surface area contributed by atoms with Gasteiger partial charge in [-0.1, -0.05) is 36.1 Å². The Bertz CT molecular complexity index is 566. The van der Waals surface area contributed by atoms with Crippen molar-refractivity contribution < 1.29 is 18.3 Å². The molecule has 1 saturated heterocycles. The molecular formula is C15H18F2N2O2S2. The molecule has 0 aliphatic carbocycles. The van der Waals surface area contributed by atoms with Crippen molar-refractivity contribution in [3.63, 3.8) is 0 Å². The monoisotopic (exact) mass is 360 g/mol. The van der Waals surface area contributed by atoms with Gasteiger partial charge in [0.1, 0.15) is 10.1 Å². The summed E-state index contributed by atoms with van der Waals surface area (Å²) in [6.07, 6.45) is 2.22. The summed E-state index contributed by atoms with van der Waals surface area (Å²) in [4.78, 5) is 14.3. The van der Waals surface area contributed by atoms with Crippen LogP contribution in [0.15, 0.2) is 24.3 Å². The smallest absolute Gasteiger partial charge is 0.387 e. The van der Waals surface area contributed by atoms with Crippen LogP contribution in [0.2, 0.25) is 0 Å². The Hall–Kier alpha value is -1.41. The van der Waals surface area contributed by atoms with Crippen LogP contribution >= 0.6 is 24.0 Å². The van der Waals surface area contributed by atoms with Gasteiger partial charge in [-0.2, -0.15) is 8.78 Å². The van der Waals surface area contributed by atoms with Gasteiger partial charge in [0, 0.05) is 13.1 Å². The average Bonchev–Trinajstić information content (AvgIpc) is 3.03. The van der Waals surface area contributed by atoms with Gasteiger partial charge in [-0.3, -0.25) is 4.79 Å². The molecule has 0 unspecified atom stereocenters. The summed E-state index contributed by atoms with van der Waals surface area (Å²) in [7, 11) is 0. The first kappa shape index (κ1) is 17.9. The molecule has 1 aliphatic heterocycles. The normalized spacial score (nSPS) is 15.6. The quantitative estimate of drug-likeness (QED) is 0.811. The Morgan fingerprint density at radius 3 is 2.65 bits per heavy atom. The van der Waals surface area contributed by atoms with Crippen LogP contribution in [0.4, 0.5) is 14.5 Å². The lowest BCUT2D eigenvalue weighted by molar-refractivity contribution is -0.115. The van der Waals surface area contributed by atoms with E-state index in [0.29, 0.717) is 4.32 Å². The van der Waals surface area contributed by atoms with Crippen LogP contribution in [0.1, 0.15) is 19.8 Å². The highest BCUT2D eigenvalue weighted by Crippen LogP contribution is 2.27. The van der Waals surface area contributed by atoms with Crippen molar-refractivity contribution in [2.75, 3.05) is 18.4 Å². The molecule has 1 heterocycles. The minimum absolute atomic E-state index is 0.0600. The van der Waals surface area contributed by atoms with Crippen LogP contribution in [0.3, 0.4) is 0 Å². The van der Waals surface area contributed by atoms with E-state index in [2.05, 4.69) is 15.0 Å². The minimum atomic E-state index is -2.94. The largest absolute Gasteiger partial charge is 0.433 e. The number of halogens is 2. The summed E-state index contributed by atoms with van der Waals surface area (Å²) >= 11 is 6.64. The number of thiocarbonyl (C=S) groups is 1. The lowest BCUT2D eigenvalue weighted by atomic mass is 10.3. The Morgan fingerprint density at radius 1 is 1.35 bits per heavy atom. The second kappa shape index (κ2) is 8.44. The summed E-state index contributed by atoms with van der Waals surface area (Å²) in [5, 5.41) is 2.19. The highest BCUT2D eigenvalue weighted by atomic mass is 32.2. The summed E-state index contributed by atoms with van der Waals surface area (Å²) in [5.74, 6) is -0.364. The summed E-state index contributed by atoms with van der Waals surface area (Å²) < 4.78 is 29.9. The Morgan fingerprint density at radius 2 is 2.00 bits per heavy atom. The number of anilines is 1. The molecule has 126 valence electrons. The van der Waals surface area contributed by atoms with Crippen LogP contribution in [0, 0.1) is 0 Å². The maximum absolute atomic E-state index is 12.4. The van der Waals surface area contributed by atoms with Crippen LogP contribution in [0.25, 0.3) is 0 Å². The third-order valence-electron chi connectivity index (χ3n) is 3.37. The van der Waals surface area contributed by atoms with E-state index in [1.165, 1.54) is 23.9 Å². The van der Waals surface area contributed by atoms with Crippen LogP contribution in [0.5, 0.6) is 5.75 Å². The average molecular weight is 360 g/mol. The predicted octanol–water partition coefficient (Wildman–Crippen LogP) is 3.73. The number of thioether (sulfide) groups is 1. The first-order valence-electron chi connectivity index (χ1n) is 7.27. The molecule has 0 spiro atoms. The van der Waals surface area contributed by atoms with Crippen molar-refractivity contribution in [2.45, 2.75) is 31.6 Å². The van der Waals surface area contributed by atoms with Gasteiger partial charge < -0.3 is 15.0 Å². The Kier molecular flexibility index (Phi) is 6.59. The Labute approximate surface area is 143 Å². The molecule has 8 heteroatoms. The van der Waals surface area contributed by atoms with Gasteiger partial charge in [0.25, 0.3) is 0 Å². The SMILES string of the molecule is C[C@@H](SC(=S)N1CCCC1)C(=O)Nc1ccccc1OC(F)F. The number of nitrogens with one attached hydrogen (secondary N) is 1. The number of rotatable bonds is 5. The second-order valence-corrected chi connectivity index (χ2v) is 7.06. The van der Waals surface area contributed by atoms with Gasteiger partial charge in [-0.15, -0.1) is 0 Å². The van der Waals surface area contributed by atoms with E-state index in [9.17, 15) is 13.6 Å². The first-order chi connectivity index (χ1) is 11.0. The standard InChI is InChI=1S/C15H18F2N2O2S2/c1-10(23-15(22)19-8-4-5-9-19)13(20)18-11-6-2-3-7-12(11)21-14(16)17/h2-3,6-7,10,14H,4-5,8-9H2,1H3,(H,18,20)/t10-/m1/s1. The molecule has 0 bridgehead atoms. The predicted molar refractivity (Wildman–Crippen MR) is 92.2 cm³/mol. The van der Waals surface area contributed by atoms with E-state index in [0.717, 1.165) is 25.9 Å². The zero-order valence-electron chi connectivity index (χ0n) is 12.6. The molecule has 1 aliphatic rings. The molecule has 1 aromatic carbocycles. The number of hydrogen-bond donors (Lipinski definition) is 1. The minimum Gasteiger partial charge on any atom is -0.433 e. The maximum atomic E-state index is 12.4. The molecular weight excluding hydrogens is 342 g/mol. The summed E-state index contributed by atoms with van der Waals surface area (Å²) in [6.45, 7) is 0.637. The van der Waals surface area contributed by atoms with E-state index in [1.807, 2.05) is 0 Å². The number of para-hydroxylation sites is 2. The van der Waals surface area contributed by atoms with E-state index in [1.54, 1.807) is 19.1 Å². The maximum Gasteiger partial charge on any atom is 0.387 e. The molecule has 2 rings (SSSR count). The zero-order chi connectivity index (χ0) is 16.8. The number of nitrogens with zero attached hydrogens (tertiary/aromatic N) is 1. The molecule has 1 aromatic rings. The van der Waals surface area contributed by atoms with Crippen molar-refractivity contribution in [2.24, 2.45) is 0 Å². The van der Waals surface area contributed by atoms with E-state index < -0.39 is 11.9 Å². The molecule has 23 heavy (non-hydrogen) atoms. The number of carbonyl (C=O) groups excluding carboxylic acids is 1. The Balaban J connectivity index is 1.94. The zero-order valence-corrected chi connectivity index (χ0v) is 14.3. The number of carbonyl (C=O) groups is 1. The summed E-state index contributed by atoms with van der Waals surface area (Å²) in [6, 6.07) is 6.11. The molecule has 1 fully saturated rings. The number of amides is 1. The second-order valence-electron chi connectivity index (χ2n) is 5.08. The van der Waals surface area contributed by atoms with Gasteiger partial charge in [0.15, 0.2) is 0 Å². The third-order valence-corrected chi connectivity index (χ3v) is 4.95. The van der Waals surface area contributed by atoms with Crippen molar-refractivity contribution >= 4 is 39.9 Å². The fourth-order valence-corrected chi connectivity index (χ4v) is 3.60. The molecule has 0 aromatic heterocycles. The summed E-state index contributed by atoms with van der Waals surface area (Å²) in [5.41, 5.74) is 0.220. The molecule has 0 radical (unpaired) electrons. The molecule has 4 nitrogen and oxygen atoms in total. The highest BCUT2D eigenvalue weighted by molar-refractivity contribution is 8.23. The van der Waals surface area contributed by atoms with Crippen molar-refractivity contribution in [3.05, 3.63) is 24.3 Å². The van der Waals surface area contributed by atoms with E-state index in [-0.39, 0.29) is 17.3 Å². The van der Waals surface area contributed by atoms with E-state index in [4.69, 9.17) is 12.2 Å². The first-order valence-corrected chi connectivity index (χ1v) is 8.56. The number of benzene rings is 1. The fourth-order valence-electron chi connectivity index (χ4n) is 2.18. The highest BCUT2D eigenvalue weighted by Gasteiger charge is 2.22. The number of likely N-dealkylation sites (tertiary alicyclic amines) is 1. The third kappa shape index (κ3) is 5.31. The van der Waals surface area contributed by atoms with Crippen molar-refractivity contribution in [3.8, 4) is 5.75 Å². The lowest BCUT2D eigenvalue weighted by Crippen LogP contribution is -2.29. The number of ether oxygens (including phenoxy) is 1. The van der Waals surface area contributed by atoms with Crippen LogP contribution in [-0.2, 0) is 4.79 Å². The molecule has 1 N–H and O–H groups in total. The van der Waals surface area contributed by atoms with Crippen LogP contribution < -0.4 is 10.1 Å². The number of hydrogen-bond acceptors (Lipinski definition) is 4. The molecule has 1 amide bonds. The van der Waals surface area contributed by atoms with Gasteiger partial charge in [-0.05, 0) is 31.9 Å². The van der Waals surface area contributed by atoms with Gasteiger partial charge >= 0.3 is 6.61 Å². The van der Waals surface area contributed by atoms with Crippen molar-refractivity contribution in [1.82, 2.24) is 4.90 Å². The molecule has 1 atom stereocenters. The topological polar surface area (TPSA) is 41.6 Å². The van der Waals surface area contributed by atoms with Gasteiger partial charge in [0.2, 0.25) is 5.91 Å². The van der Waals surface area contributed by atoms with Crippen LogP contribution in [-0.4, -0.2) is 40.1 Å². The molecule has 0 saturated carbocycles. The van der Waals surface area contributed by atoms with E-state index >= 15 is 0 Å². The lowest BCUT2D eigenvalue weighted by Gasteiger charge is -2.20. The van der Waals surface area contributed by atoms with Crippen molar-refractivity contribution in [1.29, 1.82) is 0 Å².